The molecule has 1 N–H and O–H groups in total. The molecule has 1 aromatic rings. The van der Waals surface area contributed by atoms with E-state index in [0.717, 1.165) is 0 Å². The van der Waals surface area contributed by atoms with Crippen molar-refractivity contribution in [1.82, 2.24) is 19.9 Å². The monoisotopic (exact) mass is 315 g/mol. The lowest BCUT2D eigenvalue weighted by molar-refractivity contribution is -0.130. The number of aromatic nitrogens is 3. The fourth-order valence-corrected chi connectivity index (χ4v) is 1.84. The van der Waals surface area contributed by atoms with Crippen LogP contribution < -0.4 is 10.1 Å². The number of amides is 1. The molecule has 0 aliphatic heterocycles. The van der Waals surface area contributed by atoms with Crippen LogP contribution in [0, 0.1) is 0 Å². The van der Waals surface area contributed by atoms with Gasteiger partial charge in [0.15, 0.2) is 0 Å². The van der Waals surface area contributed by atoms with E-state index in [1.807, 2.05) is 27.7 Å². The number of anilines is 1. The highest BCUT2D eigenvalue weighted by atomic mass is 35.5. The summed E-state index contributed by atoms with van der Waals surface area (Å²) in [5, 5.41) is 3.01. The second-order valence-electron chi connectivity index (χ2n) is 4.62. The van der Waals surface area contributed by atoms with Crippen molar-refractivity contribution in [2.45, 2.75) is 40.2 Å². The fourth-order valence-electron chi connectivity index (χ4n) is 1.69. The number of nitrogens with one attached hydrogen (secondary N) is 1. The lowest BCUT2D eigenvalue weighted by Crippen LogP contribution is -2.31. The normalized spacial score (nSPS) is 10.6. The molecule has 0 atom stereocenters. The lowest BCUT2D eigenvalue weighted by Gasteiger charge is -2.18. The summed E-state index contributed by atoms with van der Waals surface area (Å²) in [7, 11) is 0. The van der Waals surface area contributed by atoms with Crippen LogP contribution in [0.25, 0.3) is 0 Å². The lowest BCUT2D eigenvalue weighted by atomic mass is 10.3. The first-order chi connectivity index (χ1) is 9.96. The average Bonchev–Trinajstić information content (AvgIpc) is 2.38. The molecule has 0 unspecified atom stereocenters. The van der Waals surface area contributed by atoms with Crippen LogP contribution in [-0.2, 0) is 4.79 Å². The van der Waals surface area contributed by atoms with Gasteiger partial charge in [-0.25, -0.2) is 0 Å². The Morgan fingerprint density at radius 3 is 2.52 bits per heavy atom. The Morgan fingerprint density at radius 2 is 1.95 bits per heavy atom. The molecule has 1 amide bonds. The average molecular weight is 316 g/mol. The Morgan fingerprint density at radius 1 is 1.29 bits per heavy atom. The molecular weight excluding hydrogens is 294 g/mol. The molecule has 21 heavy (non-hydrogen) atoms. The third-order valence-corrected chi connectivity index (χ3v) is 2.84. The molecule has 0 radical (unpaired) electrons. The highest BCUT2D eigenvalue weighted by molar-refractivity contribution is 6.28. The van der Waals surface area contributed by atoms with Crippen molar-refractivity contribution >= 4 is 23.5 Å². The topological polar surface area (TPSA) is 80.2 Å². The third-order valence-electron chi connectivity index (χ3n) is 2.67. The van der Waals surface area contributed by atoms with Gasteiger partial charge in [-0.1, -0.05) is 0 Å². The van der Waals surface area contributed by atoms with Crippen molar-refractivity contribution in [3.8, 4) is 6.01 Å². The van der Waals surface area contributed by atoms with Crippen molar-refractivity contribution in [2.75, 3.05) is 25.0 Å². The molecule has 0 bridgehead atoms. The van der Waals surface area contributed by atoms with Gasteiger partial charge in [-0.15, -0.1) is 0 Å². The van der Waals surface area contributed by atoms with E-state index < -0.39 is 0 Å². The minimum Gasteiger partial charge on any atom is -0.461 e. The number of nitrogens with zero attached hydrogens (tertiary/aromatic N) is 4. The molecular formula is C13H22ClN5O2. The highest BCUT2D eigenvalue weighted by Gasteiger charge is 2.11. The van der Waals surface area contributed by atoms with E-state index in [4.69, 9.17) is 16.3 Å². The first-order valence-corrected chi connectivity index (χ1v) is 7.43. The summed E-state index contributed by atoms with van der Waals surface area (Å²) >= 11 is 5.81. The number of hydrogen-bond acceptors (Lipinski definition) is 6. The Balaban J connectivity index is 2.55. The maximum Gasteiger partial charge on any atom is 0.322 e. The number of carbonyl (C=O) groups is 1. The quantitative estimate of drug-likeness (QED) is 0.790. The van der Waals surface area contributed by atoms with Gasteiger partial charge in [0.05, 0.1) is 6.10 Å². The maximum absolute atomic E-state index is 11.9. The summed E-state index contributed by atoms with van der Waals surface area (Å²) in [5.41, 5.74) is 0. The van der Waals surface area contributed by atoms with E-state index >= 15 is 0 Å². The van der Waals surface area contributed by atoms with Gasteiger partial charge in [-0.3, -0.25) is 4.79 Å². The Kier molecular flexibility index (Phi) is 7.14. The maximum atomic E-state index is 11.9. The van der Waals surface area contributed by atoms with Gasteiger partial charge in [-0.2, -0.15) is 15.0 Å². The molecule has 1 heterocycles. The zero-order chi connectivity index (χ0) is 15.8. The summed E-state index contributed by atoms with van der Waals surface area (Å²) in [6.45, 7) is 9.49. The molecule has 118 valence electrons. The van der Waals surface area contributed by atoms with Crippen molar-refractivity contribution < 1.29 is 9.53 Å². The zero-order valence-corrected chi connectivity index (χ0v) is 13.6. The van der Waals surface area contributed by atoms with Crippen molar-refractivity contribution in [3.63, 3.8) is 0 Å². The molecule has 0 aliphatic carbocycles. The third kappa shape index (κ3) is 6.12. The van der Waals surface area contributed by atoms with Crippen LogP contribution in [0.5, 0.6) is 6.01 Å². The predicted molar refractivity (Wildman–Crippen MR) is 81.6 cm³/mol. The molecule has 1 aromatic heterocycles. The van der Waals surface area contributed by atoms with Gasteiger partial charge < -0.3 is 15.0 Å². The van der Waals surface area contributed by atoms with Gasteiger partial charge in [0.25, 0.3) is 0 Å². The minimum absolute atomic E-state index is 0.0539. The van der Waals surface area contributed by atoms with Crippen LogP contribution in [0.15, 0.2) is 0 Å². The fraction of sp³-hybridized carbons (Fsp3) is 0.692. The summed E-state index contributed by atoms with van der Waals surface area (Å²) in [6, 6.07) is 0.169. The zero-order valence-electron chi connectivity index (χ0n) is 12.9. The molecule has 0 aromatic carbocycles. The highest BCUT2D eigenvalue weighted by Crippen LogP contribution is 2.12. The van der Waals surface area contributed by atoms with Crippen LogP contribution in [0.4, 0.5) is 5.95 Å². The van der Waals surface area contributed by atoms with E-state index in [0.29, 0.717) is 32.0 Å². The Labute approximate surface area is 130 Å². The van der Waals surface area contributed by atoms with E-state index in [1.165, 1.54) is 0 Å². The number of rotatable bonds is 8. The molecule has 0 saturated heterocycles. The van der Waals surface area contributed by atoms with E-state index in [1.54, 1.807) is 4.90 Å². The predicted octanol–water partition coefficient (Wildman–Crippen LogP) is 1.98. The number of ether oxygens (including phenoxy) is 1. The van der Waals surface area contributed by atoms with Crippen LogP contribution in [-0.4, -0.2) is 51.5 Å². The van der Waals surface area contributed by atoms with Crippen molar-refractivity contribution in [1.29, 1.82) is 0 Å². The first-order valence-electron chi connectivity index (χ1n) is 7.06. The van der Waals surface area contributed by atoms with Gasteiger partial charge in [0.1, 0.15) is 0 Å². The van der Waals surface area contributed by atoms with Gasteiger partial charge in [0.2, 0.25) is 17.1 Å². The van der Waals surface area contributed by atoms with E-state index in [9.17, 15) is 4.79 Å². The molecule has 8 heteroatoms. The van der Waals surface area contributed by atoms with Gasteiger partial charge in [-0.05, 0) is 39.3 Å². The van der Waals surface area contributed by atoms with Gasteiger partial charge in [0, 0.05) is 26.1 Å². The summed E-state index contributed by atoms with van der Waals surface area (Å²) in [4.78, 5) is 25.5. The standard InChI is InChI=1S/C13H22ClN5O2/c1-5-19(6-2)10(20)7-8-15-12-16-11(14)17-13(18-12)21-9(3)4/h9H,5-8H2,1-4H3,(H,15,16,17,18). The van der Waals surface area contributed by atoms with Crippen LogP contribution in [0.3, 0.4) is 0 Å². The summed E-state index contributed by atoms with van der Waals surface area (Å²) in [5.74, 6) is 0.393. The SMILES string of the molecule is CCN(CC)C(=O)CCNc1nc(Cl)nc(OC(C)C)n1. The smallest absolute Gasteiger partial charge is 0.322 e. The molecule has 0 fully saturated rings. The van der Waals surface area contributed by atoms with Crippen LogP contribution >= 0.6 is 11.6 Å². The van der Waals surface area contributed by atoms with E-state index in [-0.39, 0.29) is 23.3 Å². The van der Waals surface area contributed by atoms with E-state index in [2.05, 4.69) is 20.3 Å². The largest absolute Gasteiger partial charge is 0.461 e. The number of halogens is 1. The summed E-state index contributed by atoms with van der Waals surface area (Å²) in [6.07, 6.45) is 0.311. The Bertz CT molecular complexity index is 466. The second kappa shape index (κ2) is 8.61. The first kappa shape index (κ1) is 17.4. The molecule has 7 nitrogen and oxygen atoms in total. The second-order valence-corrected chi connectivity index (χ2v) is 4.96. The Hall–Kier alpha value is -1.63. The molecule has 1 rings (SSSR count). The van der Waals surface area contributed by atoms with Crippen molar-refractivity contribution in [3.05, 3.63) is 5.28 Å². The number of hydrogen-bond donors (Lipinski definition) is 1. The summed E-state index contributed by atoms with van der Waals surface area (Å²) < 4.78 is 5.37. The van der Waals surface area contributed by atoms with Gasteiger partial charge >= 0.3 is 6.01 Å². The van der Waals surface area contributed by atoms with Crippen LogP contribution in [0.2, 0.25) is 5.28 Å². The molecule has 0 spiro atoms. The van der Waals surface area contributed by atoms with Crippen molar-refractivity contribution in [2.24, 2.45) is 0 Å². The number of carbonyl (C=O) groups excluding carboxylic acids is 1. The minimum atomic E-state index is -0.0550. The molecule has 0 saturated carbocycles. The van der Waals surface area contributed by atoms with Crippen LogP contribution in [0.1, 0.15) is 34.1 Å². The molecule has 0 aliphatic rings.